The quantitative estimate of drug-likeness (QED) is 0.811. The third kappa shape index (κ3) is 2.81. The predicted molar refractivity (Wildman–Crippen MR) is 72.7 cm³/mol. The summed E-state index contributed by atoms with van der Waals surface area (Å²) in [6.45, 7) is 5.47. The second-order valence-electron chi connectivity index (χ2n) is 4.74. The van der Waals surface area contributed by atoms with Crippen LogP contribution in [0.1, 0.15) is 24.2 Å². The van der Waals surface area contributed by atoms with Gasteiger partial charge in [-0.2, -0.15) is 0 Å². The van der Waals surface area contributed by atoms with E-state index >= 15 is 0 Å². The van der Waals surface area contributed by atoms with Gasteiger partial charge in [-0.1, -0.05) is 0 Å². The Labute approximate surface area is 114 Å². The minimum atomic E-state index is -0.228. The molecule has 0 bridgehead atoms. The average Bonchev–Trinajstić information content (AvgIpc) is 2.30. The first-order valence-corrected chi connectivity index (χ1v) is 6.70. The Kier molecular flexibility index (Phi) is 3.87. The molecule has 2 N–H and O–H groups in total. The van der Waals surface area contributed by atoms with Gasteiger partial charge in [0.25, 0.3) is 11.5 Å². The van der Waals surface area contributed by atoms with E-state index in [1.165, 1.54) is 6.20 Å². The van der Waals surface area contributed by atoms with Crippen molar-refractivity contribution >= 4 is 21.8 Å². The van der Waals surface area contributed by atoms with Gasteiger partial charge in [0.15, 0.2) is 0 Å². The zero-order chi connectivity index (χ0) is 13.3. The highest BCUT2D eigenvalue weighted by atomic mass is 79.9. The predicted octanol–water partition coefficient (Wildman–Crippen LogP) is 0.960. The molecule has 1 aromatic heterocycles. The van der Waals surface area contributed by atoms with Gasteiger partial charge in [-0.05, 0) is 35.8 Å². The van der Waals surface area contributed by atoms with Crippen LogP contribution in [0, 0.1) is 0 Å². The fourth-order valence-electron chi connectivity index (χ4n) is 2.25. The molecule has 1 amide bonds. The number of aromatic amines is 1. The van der Waals surface area contributed by atoms with Crippen molar-refractivity contribution in [2.75, 3.05) is 13.1 Å². The molecule has 0 spiro atoms. The zero-order valence-corrected chi connectivity index (χ0v) is 12.0. The van der Waals surface area contributed by atoms with Crippen molar-refractivity contribution in [2.24, 2.45) is 0 Å². The first kappa shape index (κ1) is 13.3. The Morgan fingerprint density at radius 1 is 1.39 bits per heavy atom. The lowest BCUT2D eigenvalue weighted by atomic mass is 10.1. The molecule has 1 saturated heterocycles. The van der Waals surface area contributed by atoms with E-state index in [1.807, 2.05) is 4.90 Å². The van der Waals surface area contributed by atoms with E-state index in [1.54, 1.807) is 6.07 Å². The molecule has 6 heteroatoms. The van der Waals surface area contributed by atoms with Crippen LogP contribution in [-0.2, 0) is 0 Å². The third-order valence-corrected chi connectivity index (χ3v) is 3.54. The van der Waals surface area contributed by atoms with Crippen molar-refractivity contribution < 1.29 is 4.79 Å². The standard InChI is InChI=1S/C12H16BrN3O2/c1-7-5-16(6-8(2)15-7)12(18)9-3-10(13)11(17)14-4-9/h3-4,7-8,15H,5-6H2,1-2H3,(H,14,17)/t7-,8-/m0/s1. The van der Waals surface area contributed by atoms with Gasteiger partial charge in [0.1, 0.15) is 0 Å². The largest absolute Gasteiger partial charge is 0.335 e. The molecule has 1 aliphatic rings. The molecule has 0 saturated carbocycles. The normalized spacial score (nSPS) is 24.1. The Bertz CT molecular complexity index is 504. The van der Waals surface area contributed by atoms with Gasteiger partial charge >= 0.3 is 0 Å². The lowest BCUT2D eigenvalue weighted by molar-refractivity contribution is 0.0673. The molecule has 98 valence electrons. The Hall–Kier alpha value is -1.14. The number of piperazine rings is 1. The molecule has 1 aromatic rings. The van der Waals surface area contributed by atoms with Gasteiger partial charge in [-0.25, -0.2) is 0 Å². The van der Waals surface area contributed by atoms with Crippen LogP contribution >= 0.6 is 15.9 Å². The third-order valence-electron chi connectivity index (χ3n) is 2.95. The minimum Gasteiger partial charge on any atom is -0.335 e. The molecular formula is C12H16BrN3O2. The van der Waals surface area contributed by atoms with Crippen LogP contribution < -0.4 is 10.9 Å². The summed E-state index contributed by atoms with van der Waals surface area (Å²) in [4.78, 5) is 27.9. The Morgan fingerprint density at radius 3 is 2.56 bits per heavy atom. The van der Waals surface area contributed by atoms with Gasteiger partial charge in [-0.3, -0.25) is 9.59 Å². The fraction of sp³-hybridized carbons (Fsp3) is 0.500. The van der Waals surface area contributed by atoms with Crippen LogP contribution in [0.4, 0.5) is 0 Å². The van der Waals surface area contributed by atoms with Crippen LogP contribution in [-0.4, -0.2) is 41.0 Å². The maximum atomic E-state index is 12.3. The number of aromatic nitrogens is 1. The summed E-state index contributed by atoms with van der Waals surface area (Å²) >= 11 is 3.14. The van der Waals surface area contributed by atoms with Crippen molar-refractivity contribution in [2.45, 2.75) is 25.9 Å². The summed E-state index contributed by atoms with van der Waals surface area (Å²) in [6.07, 6.45) is 1.47. The van der Waals surface area contributed by atoms with Crippen molar-refractivity contribution in [1.29, 1.82) is 0 Å². The molecule has 0 unspecified atom stereocenters. The summed E-state index contributed by atoms with van der Waals surface area (Å²) in [5.74, 6) is -0.0489. The fourth-order valence-corrected chi connectivity index (χ4v) is 2.62. The number of hydrogen-bond acceptors (Lipinski definition) is 3. The average molecular weight is 314 g/mol. The second-order valence-corrected chi connectivity index (χ2v) is 5.60. The smallest absolute Gasteiger partial charge is 0.262 e. The van der Waals surface area contributed by atoms with Gasteiger partial charge in [0.2, 0.25) is 0 Å². The van der Waals surface area contributed by atoms with Crippen molar-refractivity contribution in [3.05, 3.63) is 32.7 Å². The zero-order valence-electron chi connectivity index (χ0n) is 10.4. The molecule has 2 rings (SSSR count). The highest BCUT2D eigenvalue weighted by Gasteiger charge is 2.25. The summed E-state index contributed by atoms with van der Waals surface area (Å²) in [6, 6.07) is 2.13. The number of hydrogen-bond donors (Lipinski definition) is 2. The molecule has 1 aliphatic heterocycles. The number of carbonyl (C=O) groups is 1. The molecule has 0 radical (unpaired) electrons. The number of H-pyrrole nitrogens is 1. The number of halogens is 1. The number of carbonyl (C=O) groups excluding carboxylic acids is 1. The summed E-state index contributed by atoms with van der Waals surface area (Å²) in [7, 11) is 0. The monoisotopic (exact) mass is 313 g/mol. The first-order chi connectivity index (χ1) is 8.47. The number of pyridine rings is 1. The lowest BCUT2D eigenvalue weighted by Gasteiger charge is -2.36. The minimum absolute atomic E-state index is 0.0489. The van der Waals surface area contributed by atoms with Crippen LogP contribution in [0.2, 0.25) is 0 Å². The van der Waals surface area contributed by atoms with Gasteiger partial charge in [-0.15, -0.1) is 0 Å². The highest BCUT2D eigenvalue weighted by Crippen LogP contribution is 2.11. The summed E-state index contributed by atoms with van der Waals surface area (Å²) in [5, 5.41) is 3.38. The van der Waals surface area contributed by atoms with Crippen molar-refractivity contribution in [3.63, 3.8) is 0 Å². The number of amides is 1. The summed E-state index contributed by atoms with van der Waals surface area (Å²) < 4.78 is 0.379. The maximum absolute atomic E-state index is 12.3. The molecule has 0 aromatic carbocycles. The molecule has 2 atom stereocenters. The SMILES string of the molecule is C[C@H]1CN(C(=O)c2c[nH]c(=O)c(Br)c2)C[C@H](C)N1. The Morgan fingerprint density at radius 2 is 2.00 bits per heavy atom. The van der Waals surface area contributed by atoms with E-state index in [0.717, 1.165) is 0 Å². The number of rotatable bonds is 1. The van der Waals surface area contributed by atoms with Crippen LogP contribution in [0.5, 0.6) is 0 Å². The first-order valence-electron chi connectivity index (χ1n) is 5.91. The molecule has 2 heterocycles. The van der Waals surface area contributed by atoms with E-state index in [9.17, 15) is 9.59 Å². The lowest BCUT2D eigenvalue weighted by Crippen LogP contribution is -2.55. The van der Waals surface area contributed by atoms with Crippen LogP contribution in [0.15, 0.2) is 21.5 Å². The molecule has 1 fully saturated rings. The number of nitrogens with zero attached hydrogens (tertiary/aromatic N) is 1. The molecule has 18 heavy (non-hydrogen) atoms. The van der Waals surface area contributed by atoms with E-state index in [4.69, 9.17) is 0 Å². The van der Waals surface area contributed by atoms with E-state index in [-0.39, 0.29) is 23.6 Å². The molecule has 5 nitrogen and oxygen atoms in total. The van der Waals surface area contributed by atoms with Crippen LogP contribution in [0.25, 0.3) is 0 Å². The van der Waals surface area contributed by atoms with Gasteiger partial charge < -0.3 is 15.2 Å². The number of nitrogens with one attached hydrogen (secondary N) is 2. The van der Waals surface area contributed by atoms with Gasteiger partial charge in [0, 0.05) is 31.4 Å². The van der Waals surface area contributed by atoms with Crippen LogP contribution in [0.3, 0.4) is 0 Å². The van der Waals surface area contributed by atoms with E-state index in [2.05, 4.69) is 40.1 Å². The van der Waals surface area contributed by atoms with E-state index < -0.39 is 0 Å². The van der Waals surface area contributed by atoms with Gasteiger partial charge in [0.05, 0.1) is 10.0 Å². The van der Waals surface area contributed by atoms with E-state index in [0.29, 0.717) is 23.1 Å². The van der Waals surface area contributed by atoms with Crippen molar-refractivity contribution in [1.82, 2.24) is 15.2 Å². The second kappa shape index (κ2) is 5.24. The highest BCUT2D eigenvalue weighted by molar-refractivity contribution is 9.10. The molecular weight excluding hydrogens is 298 g/mol. The topological polar surface area (TPSA) is 65.2 Å². The summed E-state index contributed by atoms with van der Waals surface area (Å²) in [5.41, 5.74) is 0.274. The maximum Gasteiger partial charge on any atom is 0.262 e. The Balaban J connectivity index is 2.20. The van der Waals surface area contributed by atoms with Crippen molar-refractivity contribution in [3.8, 4) is 0 Å². The molecule has 0 aliphatic carbocycles.